The van der Waals surface area contributed by atoms with Gasteiger partial charge in [-0.05, 0) is 15.9 Å². The van der Waals surface area contributed by atoms with Crippen molar-refractivity contribution in [2.45, 2.75) is 50.0 Å². The van der Waals surface area contributed by atoms with Gasteiger partial charge in [-0.15, -0.1) is 0 Å². The van der Waals surface area contributed by atoms with Gasteiger partial charge in [0.1, 0.15) is 23.6 Å². The minimum atomic E-state index is -0.990. The topological polar surface area (TPSA) is 130 Å². The van der Waals surface area contributed by atoms with Crippen LogP contribution in [0.5, 0.6) is 0 Å². The SMILES string of the molecule is CCC(=O)OC[C@H]1O[C@@H](n2nc(Br)c(=O)[nH]c2=O)[C@@H](Br)[C@H]1OC(=O)CC. The van der Waals surface area contributed by atoms with Crippen LogP contribution >= 0.6 is 31.9 Å². The number of nitrogens with zero attached hydrogens (tertiary/aromatic N) is 2. The molecule has 0 bridgehead atoms. The van der Waals surface area contributed by atoms with Crippen LogP contribution < -0.4 is 11.2 Å². The third-order valence-corrected chi connectivity index (χ3v) is 5.06. The van der Waals surface area contributed by atoms with Crippen LogP contribution in [-0.2, 0) is 23.8 Å². The number of carbonyl (C=O) groups is 2. The second-order valence-electron chi connectivity index (χ2n) is 5.35. The Morgan fingerprint density at radius 2 is 1.92 bits per heavy atom. The molecule has 26 heavy (non-hydrogen) atoms. The normalized spacial score (nSPS) is 25.1. The summed E-state index contributed by atoms with van der Waals surface area (Å²) >= 11 is 6.31. The predicted molar refractivity (Wildman–Crippen MR) is 94.9 cm³/mol. The largest absolute Gasteiger partial charge is 0.463 e. The Morgan fingerprint density at radius 1 is 1.27 bits per heavy atom. The number of aromatic amines is 1. The number of alkyl halides is 1. The summed E-state index contributed by atoms with van der Waals surface area (Å²) in [5.41, 5.74) is -1.47. The molecular formula is C14H17Br2N3O7. The third kappa shape index (κ3) is 4.60. The van der Waals surface area contributed by atoms with E-state index in [-0.39, 0.29) is 24.1 Å². The standard InChI is InChI=1S/C14H17Br2N3O7/c1-3-7(20)24-5-6-10(26-8(21)4-2)9(15)13(25-6)19-14(23)17-12(22)11(16)18-19/h6,9-10,13H,3-5H2,1-2H3,(H,17,22,23)/t6-,9+,10+,13-/m1/s1. The van der Waals surface area contributed by atoms with Gasteiger partial charge in [0.2, 0.25) is 0 Å². The highest BCUT2D eigenvalue weighted by Crippen LogP contribution is 2.36. The molecule has 0 aromatic carbocycles. The highest BCUT2D eigenvalue weighted by atomic mass is 79.9. The summed E-state index contributed by atoms with van der Waals surface area (Å²) in [5.74, 6) is -0.913. The molecule has 2 heterocycles. The monoisotopic (exact) mass is 497 g/mol. The number of halogens is 2. The van der Waals surface area contributed by atoms with E-state index in [1.807, 2.05) is 0 Å². The molecule has 1 saturated heterocycles. The van der Waals surface area contributed by atoms with Crippen LogP contribution in [-0.4, -0.2) is 50.3 Å². The fraction of sp³-hybridized carbons (Fsp3) is 0.643. The number of esters is 2. The minimum Gasteiger partial charge on any atom is -0.463 e. The molecule has 1 N–H and O–H groups in total. The average molecular weight is 499 g/mol. The van der Waals surface area contributed by atoms with Crippen molar-refractivity contribution in [3.8, 4) is 0 Å². The number of rotatable bonds is 6. The summed E-state index contributed by atoms with van der Waals surface area (Å²) in [6.45, 7) is 3.12. The maximum absolute atomic E-state index is 12.1. The van der Waals surface area contributed by atoms with Gasteiger partial charge in [0, 0.05) is 12.8 Å². The first-order valence-electron chi connectivity index (χ1n) is 7.81. The fourth-order valence-electron chi connectivity index (χ4n) is 2.24. The number of hydrogen-bond acceptors (Lipinski definition) is 8. The Bertz CT molecular complexity index is 793. The van der Waals surface area contributed by atoms with Crippen LogP contribution in [0.15, 0.2) is 14.2 Å². The fourth-order valence-corrected chi connectivity index (χ4v) is 3.31. The van der Waals surface area contributed by atoms with Crippen LogP contribution in [0.1, 0.15) is 32.9 Å². The van der Waals surface area contributed by atoms with Gasteiger partial charge >= 0.3 is 17.6 Å². The number of aromatic nitrogens is 3. The molecule has 1 fully saturated rings. The lowest BCUT2D eigenvalue weighted by molar-refractivity contribution is -0.158. The lowest BCUT2D eigenvalue weighted by Crippen LogP contribution is -2.39. The first kappa shape index (κ1) is 20.8. The van der Waals surface area contributed by atoms with Gasteiger partial charge in [-0.1, -0.05) is 29.8 Å². The molecule has 1 aromatic rings. The highest BCUT2D eigenvalue weighted by molar-refractivity contribution is 9.10. The van der Waals surface area contributed by atoms with Crippen molar-refractivity contribution in [3.63, 3.8) is 0 Å². The zero-order chi connectivity index (χ0) is 19.4. The smallest absolute Gasteiger partial charge is 0.347 e. The maximum atomic E-state index is 12.1. The zero-order valence-electron chi connectivity index (χ0n) is 13.9. The molecule has 2 rings (SSSR count). The molecular weight excluding hydrogens is 482 g/mol. The van der Waals surface area contributed by atoms with Crippen molar-refractivity contribution in [1.82, 2.24) is 14.8 Å². The summed E-state index contributed by atoms with van der Waals surface area (Å²) < 4.78 is 17.0. The second-order valence-corrected chi connectivity index (χ2v) is 7.16. The van der Waals surface area contributed by atoms with Crippen LogP contribution in [0, 0.1) is 0 Å². The van der Waals surface area contributed by atoms with Gasteiger partial charge in [-0.3, -0.25) is 19.4 Å². The number of ether oxygens (including phenoxy) is 3. The Kier molecular flexibility index (Phi) is 7.12. The van der Waals surface area contributed by atoms with Crippen molar-refractivity contribution < 1.29 is 23.8 Å². The summed E-state index contributed by atoms with van der Waals surface area (Å²) in [6, 6.07) is 0. The minimum absolute atomic E-state index is 0.108. The van der Waals surface area contributed by atoms with Crippen LogP contribution in [0.2, 0.25) is 0 Å². The summed E-state index contributed by atoms with van der Waals surface area (Å²) in [6.07, 6.45) is -2.30. The number of carbonyl (C=O) groups excluding carboxylic acids is 2. The van der Waals surface area contributed by atoms with E-state index in [0.29, 0.717) is 0 Å². The lowest BCUT2D eigenvalue weighted by atomic mass is 10.2. The van der Waals surface area contributed by atoms with E-state index >= 15 is 0 Å². The Morgan fingerprint density at radius 3 is 2.54 bits per heavy atom. The Hall–Kier alpha value is -1.53. The van der Waals surface area contributed by atoms with Gasteiger partial charge in [-0.25, -0.2) is 4.79 Å². The second kappa shape index (κ2) is 8.91. The van der Waals surface area contributed by atoms with E-state index in [4.69, 9.17) is 14.2 Å². The zero-order valence-corrected chi connectivity index (χ0v) is 17.1. The maximum Gasteiger partial charge on any atom is 0.347 e. The molecule has 1 aliphatic rings. The predicted octanol–water partition coefficient (Wildman–Crippen LogP) is 0.630. The summed E-state index contributed by atoms with van der Waals surface area (Å²) in [4.78, 5) is 48.1. The number of nitrogens with one attached hydrogen (secondary N) is 1. The quantitative estimate of drug-likeness (QED) is 0.446. The molecule has 0 amide bonds. The average Bonchev–Trinajstić information content (AvgIpc) is 2.91. The third-order valence-electron chi connectivity index (χ3n) is 3.57. The first-order valence-corrected chi connectivity index (χ1v) is 9.52. The highest BCUT2D eigenvalue weighted by Gasteiger charge is 2.48. The van der Waals surface area contributed by atoms with Crippen molar-refractivity contribution in [3.05, 3.63) is 25.4 Å². The molecule has 0 unspecified atom stereocenters. The van der Waals surface area contributed by atoms with Crippen molar-refractivity contribution in [2.24, 2.45) is 0 Å². The summed E-state index contributed by atoms with van der Waals surface area (Å²) in [7, 11) is 0. The molecule has 1 aliphatic heterocycles. The van der Waals surface area contributed by atoms with Gasteiger partial charge < -0.3 is 14.2 Å². The number of H-pyrrole nitrogens is 1. The molecule has 4 atom stereocenters. The lowest BCUT2D eigenvalue weighted by Gasteiger charge is -2.20. The number of hydrogen-bond donors (Lipinski definition) is 1. The van der Waals surface area contributed by atoms with E-state index < -0.39 is 46.5 Å². The molecule has 10 nitrogen and oxygen atoms in total. The molecule has 1 aromatic heterocycles. The van der Waals surface area contributed by atoms with E-state index in [1.54, 1.807) is 13.8 Å². The first-order chi connectivity index (χ1) is 12.3. The van der Waals surface area contributed by atoms with Crippen molar-refractivity contribution in [2.75, 3.05) is 6.61 Å². The molecule has 0 aliphatic carbocycles. The van der Waals surface area contributed by atoms with E-state index in [0.717, 1.165) is 4.68 Å². The Balaban J connectivity index is 2.30. The molecule has 12 heteroatoms. The van der Waals surface area contributed by atoms with E-state index in [1.165, 1.54) is 0 Å². The molecule has 0 radical (unpaired) electrons. The van der Waals surface area contributed by atoms with Crippen LogP contribution in [0.25, 0.3) is 0 Å². The van der Waals surface area contributed by atoms with Gasteiger partial charge in [0.15, 0.2) is 10.8 Å². The van der Waals surface area contributed by atoms with Crippen LogP contribution in [0.3, 0.4) is 0 Å². The van der Waals surface area contributed by atoms with Gasteiger partial charge in [0.25, 0.3) is 5.56 Å². The molecule has 0 spiro atoms. The van der Waals surface area contributed by atoms with Crippen molar-refractivity contribution >= 4 is 43.8 Å². The van der Waals surface area contributed by atoms with E-state index in [9.17, 15) is 19.2 Å². The van der Waals surface area contributed by atoms with Crippen molar-refractivity contribution in [1.29, 1.82) is 0 Å². The molecule has 0 saturated carbocycles. The Labute approximate surface area is 164 Å². The summed E-state index contributed by atoms with van der Waals surface area (Å²) in [5, 5.41) is 3.86. The van der Waals surface area contributed by atoms with Gasteiger partial charge in [0.05, 0.1) is 0 Å². The molecule has 144 valence electrons. The van der Waals surface area contributed by atoms with E-state index in [2.05, 4.69) is 41.9 Å². The van der Waals surface area contributed by atoms with Gasteiger partial charge in [-0.2, -0.15) is 9.78 Å². The van der Waals surface area contributed by atoms with Crippen LogP contribution in [0.4, 0.5) is 0 Å².